The molecule has 0 saturated carbocycles. The Morgan fingerprint density at radius 3 is 2.24 bits per heavy atom. The number of halogens is 3. The molecule has 1 aromatic heterocycles. The molecule has 0 aliphatic carbocycles. The van der Waals surface area contributed by atoms with E-state index in [0.717, 1.165) is 28.8 Å². The minimum Gasteiger partial charge on any atom is -0.335 e. The minimum atomic E-state index is -4.33. The highest BCUT2D eigenvalue weighted by Crippen LogP contribution is 2.30. The van der Waals surface area contributed by atoms with Crippen molar-refractivity contribution in [2.75, 3.05) is 5.84 Å². The molecule has 0 spiro atoms. The number of nitrogen functional groups attached to an aromatic ring is 1. The first-order valence-corrected chi connectivity index (χ1v) is 8.39. The van der Waals surface area contributed by atoms with E-state index in [4.69, 9.17) is 5.84 Å². The second-order valence-electron chi connectivity index (χ2n) is 5.53. The van der Waals surface area contributed by atoms with Crippen molar-refractivity contribution in [1.29, 1.82) is 0 Å². The number of nitrogens with two attached hydrogens (primary N) is 1. The standard InChI is InChI=1S/C17H15F3N4S/c1-11-2-6-13(7-3-11)15-22-23-16(24(15)21)25-10-12-4-8-14(9-5-12)17(18,19)20/h2-9H,10,21H2,1H3. The molecule has 0 unspecified atom stereocenters. The maximum absolute atomic E-state index is 12.6. The summed E-state index contributed by atoms with van der Waals surface area (Å²) in [5, 5.41) is 8.65. The molecule has 0 radical (unpaired) electrons. The number of aryl methyl sites for hydroxylation is 1. The third-order valence-corrected chi connectivity index (χ3v) is 4.64. The summed E-state index contributed by atoms with van der Waals surface area (Å²) in [5.74, 6) is 7.02. The Labute approximate surface area is 146 Å². The Bertz CT molecular complexity index is 855. The van der Waals surface area contributed by atoms with E-state index in [1.54, 1.807) is 0 Å². The molecule has 8 heteroatoms. The molecule has 0 aliphatic heterocycles. The molecule has 0 amide bonds. The number of hydrogen-bond donors (Lipinski definition) is 1. The van der Waals surface area contributed by atoms with Crippen LogP contribution < -0.4 is 5.84 Å². The lowest BCUT2D eigenvalue weighted by molar-refractivity contribution is -0.137. The van der Waals surface area contributed by atoms with Gasteiger partial charge in [-0.2, -0.15) is 13.2 Å². The lowest BCUT2D eigenvalue weighted by Crippen LogP contribution is -2.11. The molecular weight excluding hydrogens is 349 g/mol. The van der Waals surface area contributed by atoms with Crippen molar-refractivity contribution < 1.29 is 13.2 Å². The Morgan fingerprint density at radius 2 is 1.64 bits per heavy atom. The molecule has 3 rings (SSSR count). The SMILES string of the molecule is Cc1ccc(-c2nnc(SCc3ccc(C(F)(F)F)cc3)n2N)cc1. The van der Waals surface area contributed by atoms with Gasteiger partial charge in [-0.3, -0.25) is 0 Å². The first kappa shape index (κ1) is 17.3. The molecule has 0 saturated heterocycles. The molecule has 4 nitrogen and oxygen atoms in total. The van der Waals surface area contributed by atoms with Crippen molar-refractivity contribution in [2.45, 2.75) is 24.0 Å². The third kappa shape index (κ3) is 3.96. The summed E-state index contributed by atoms with van der Waals surface area (Å²) in [7, 11) is 0. The summed E-state index contributed by atoms with van der Waals surface area (Å²) in [6, 6.07) is 12.8. The summed E-state index contributed by atoms with van der Waals surface area (Å²) in [6.07, 6.45) is -4.33. The maximum Gasteiger partial charge on any atom is 0.416 e. The second-order valence-corrected chi connectivity index (χ2v) is 6.47. The van der Waals surface area contributed by atoms with Crippen LogP contribution in [0.15, 0.2) is 53.7 Å². The first-order valence-electron chi connectivity index (χ1n) is 7.41. The second kappa shape index (κ2) is 6.79. The fourth-order valence-electron chi connectivity index (χ4n) is 2.21. The van der Waals surface area contributed by atoms with E-state index in [1.807, 2.05) is 31.2 Å². The number of benzene rings is 2. The Morgan fingerprint density at radius 1 is 1.00 bits per heavy atom. The summed E-state index contributed by atoms with van der Waals surface area (Å²) in [5.41, 5.74) is 2.06. The average Bonchev–Trinajstić information content (AvgIpc) is 2.94. The highest BCUT2D eigenvalue weighted by Gasteiger charge is 2.29. The van der Waals surface area contributed by atoms with Crippen LogP contribution in [-0.4, -0.2) is 14.9 Å². The molecule has 25 heavy (non-hydrogen) atoms. The van der Waals surface area contributed by atoms with E-state index >= 15 is 0 Å². The van der Waals surface area contributed by atoms with Crippen molar-refractivity contribution in [3.8, 4) is 11.4 Å². The van der Waals surface area contributed by atoms with Gasteiger partial charge >= 0.3 is 6.18 Å². The van der Waals surface area contributed by atoms with E-state index in [-0.39, 0.29) is 0 Å². The highest BCUT2D eigenvalue weighted by molar-refractivity contribution is 7.98. The monoisotopic (exact) mass is 364 g/mol. The van der Waals surface area contributed by atoms with Crippen molar-refractivity contribution >= 4 is 11.8 Å². The van der Waals surface area contributed by atoms with E-state index < -0.39 is 11.7 Å². The van der Waals surface area contributed by atoms with E-state index in [2.05, 4.69) is 10.2 Å². The lowest BCUT2D eigenvalue weighted by Gasteiger charge is -2.07. The lowest BCUT2D eigenvalue weighted by atomic mass is 10.1. The van der Waals surface area contributed by atoms with Gasteiger partial charge in [-0.1, -0.05) is 53.7 Å². The number of hydrogen-bond acceptors (Lipinski definition) is 4. The van der Waals surface area contributed by atoms with Crippen LogP contribution in [0.25, 0.3) is 11.4 Å². The van der Waals surface area contributed by atoms with Crippen molar-refractivity contribution in [1.82, 2.24) is 14.9 Å². The van der Waals surface area contributed by atoms with E-state index in [0.29, 0.717) is 16.7 Å². The third-order valence-electron chi connectivity index (χ3n) is 3.62. The first-order chi connectivity index (χ1) is 11.8. The smallest absolute Gasteiger partial charge is 0.335 e. The van der Waals surface area contributed by atoms with Crippen LogP contribution in [0.5, 0.6) is 0 Å². The normalized spacial score (nSPS) is 11.7. The van der Waals surface area contributed by atoms with Crippen LogP contribution in [0.2, 0.25) is 0 Å². The summed E-state index contributed by atoms with van der Waals surface area (Å²) < 4.78 is 39.1. The molecule has 2 N–H and O–H groups in total. The molecule has 1 heterocycles. The van der Waals surface area contributed by atoms with Crippen LogP contribution in [0.1, 0.15) is 16.7 Å². The van der Waals surface area contributed by atoms with Gasteiger partial charge < -0.3 is 5.84 Å². The number of nitrogens with zero attached hydrogens (tertiary/aromatic N) is 3. The fourth-order valence-corrected chi connectivity index (χ4v) is 3.03. The predicted molar refractivity (Wildman–Crippen MR) is 91.4 cm³/mol. The quantitative estimate of drug-likeness (QED) is 0.555. The summed E-state index contributed by atoms with van der Waals surface area (Å²) in [6.45, 7) is 1.99. The highest BCUT2D eigenvalue weighted by atomic mass is 32.2. The average molecular weight is 364 g/mol. The minimum absolute atomic E-state index is 0.446. The molecule has 0 bridgehead atoms. The topological polar surface area (TPSA) is 56.7 Å². The van der Waals surface area contributed by atoms with E-state index in [9.17, 15) is 13.2 Å². The zero-order chi connectivity index (χ0) is 18.0. The van der Waals surface area contributed by atoms with Crippen molar-refractivity contribution in [3.05, 3.63) is 65.2 Å². The van der Waals surface area contributed by atoms with Crippen molar-refractivity contribution in [2.24, 2.45) is 0 Å². The number of aromatic nitrogens is 3. The van der Waals surface area contributed by atoms with Gasteiger partial charge in [0.25, 0.3) is 0 Å². The van der Waals surface area contributed by atoms with E-state index in [1.165, 1.54) is 28.6 Å². The molecule has 0 fully saturated rings. The van der Waals surface area contributed by atoms with Gasteiger partial charge in [0.1, 0.15) is 0 Å². The fraction of sp³-hybridized carbons (Fsp3) is 0.176. The zero-order valence-electron chi connectivity index (χ0n) is 13.3. The van der Waals surface area contributed by atoms with Gasteiger partial charge in [-0.05, 0) is 24.6 Å². The van der Waals surface area contributed by atoms with Gasteiger partial charge in [0.2, 0.25) is 5.16 Å². The molecule has 2 aromatic carbocycles. The van der Waals surface area contributed by atoms with Crippen LogP contribution in [0.3, 0.4) is 0 Å². The zero-order valence-corrected chi connectivity index (χ0v) is 14.1. The Hall–Kier alpha value is -2.48. The Kier molecular flexibility index (Phi) is 4.71. The van der Waals surface area contributed by atoms with Crippen LogP contribution in [0.4, 0.5) is 13.2 Å². The van der Waals surface area contributed by atoms with Gasteiger partial charge in [-0.15, -0.1) is 10.2 Å². The van der Waals surface area contributed by atoms with Gasteiger partial charge in [0, 0.05) is 11.3 Å². The van der Waals surface area contributed by atoms with Gasteiger partial charge in [-0.25, -0.2) is 4.68 Å². The molecule has 3 aromatic rings. The van der Waals surface area contributed by atoms with Crippen LogP contribution in [0, 0.1) is 6.92 Å². The number of rotatable bonds is 4. The summed E-state index contributed by atoms with van der Waals surface area (Å²) in [4.78, 5) is 0. The molecule has 0 aliphatic rings. The van der Waals surface area contributed by atoms with Crippen LogP contribution >= 0.6 is 11.8 Å². The van der Waals surface area contributed by atoms with Gasteiger partial charge in [0.05, 0.1) is 5.56 Å². The number of alkyl halides is 3. The van der Waals surface area contributed by atoms with Crippen molar-refractivity contribution in [3.63, 3.8) is 0 Å². The summed E-state index contributed by atoms with van der Waals surface area (Å²) >= 11 is 1.32. The molecule has 130 valence electrons. The molecular formula is C17H15F3N4S. The van der Waals surface area contributed by atoms with Crippen LogP contribution in [-0.2, 0) is 11.9 Å². The largest absolute Gasteiger partial charge is 0.416 e. The Balaban J connectivity index is 1.71. The maximum atomic E-state index is 12.6. The van der Waals surface area contributed by atoms with Gasteiger partial charge in [0.15, 0.2) is 5.82 Å². The molecule has 0 atom stereocenters. The predicted octanol–water partition coefficient (Wildman–Crippen LogP) is 4.28. The number of thioether (sulfide) groups is 1.